The zero-order chi connectivity index (χ0) is 30.2. The van der Waals surface area contributed by atoms with E-state index in [1.807, 2.05) is 0 Å². The Hall–Kier alpha value is -6.12. The number of hydrogen-bond donors (Lipinski definition) is 0. The Morgan fingerprint density at radius 2 is 0.630 bits per heavy atom. The summed E-state index contributed by atoms with van der Waals surface area (Å²) in [4.78, 5) is 0. The Balaban J connectivity index is 1.49. The van der Waals surface area contributed by atoms with E-state index in [2.05, 4.69) is 179 Å². The Morgan fingerprint density at radius 1 is 0.283 bits per heavy atom. The first-order valence-electron chi connectivity index (χ1n) is 15.9. The molecule has 0 bridgehead atoms. The van der Waals surface area contributed by atoms with Gasteiger partial charge in [0.05, 0.1) is 22.1 Å². The molecule has 0 atom stereocenters. The molecule has 214 valence electrons. The lowest BCUT2D eigenvalue weighted by atomic mass is 9.84. The van der Waals surface area contributed by atoms with Crippen LogP contribution in [0.1, 0.15) is 0 Å². The van der Waals surface area contributed by atoms with Crippen molar-refractivity contribution in [2.45, 2.75) is 0 Å². The number of nitrogens with zero attached hydrogens (tertiary/aromatic N) is 2. The summed E-state index contributed by atoms with van der Waals surface area (Å²) in [5, 5.41) is 5.11. The molecular formula is C44H28N2. The summed E-state index contributed by atoms with van der Waals surface area (Å²) in [5.41, 5.74) is 14.7. The predicted molar refractivity (Wildman–Crippen MR) is 194 cm³/mol. The van der Waals surface area contributed by atoms with E-state index in [1.54, 1.807) is 0 Å². The SMILES string of the molecule is c1ccc(-c2ccc3c4c5c(ccc24)n(-c2ccccc2)c2ccc(-c4ccccc4)c4ccc(c-5c42)n3-c2ccccc2)cc1. The summed E-state index contributed by atoms with van der Waals surface area (Å²) in [6.45, 7) is 0. The van der Waals surface area contributed by atoms with Crippen LogP contribution in [0.25, 0.3) is 88.4 Å². The average molecular weight is 585 g/mol. The average Bonchev–Trinajstić information content (AvgIpc) is 3.14. The fourth-order valence-corrected chi connectivity index (χ4v) is 7.80. The van der Waals surface area contributed by atoms with Gasteiger partial charge in [0.15, 0.2) is 0 Å². The molecule has 0 unspecified atom stereocenters. The summed E-state index contributed by atoms with van der Waals surface area (Å²) in [7, 11) is 0. The Morgan fingerprint density at radius 3 is 1.02 bits per heavy atom. The third-order valence-corrected chi connectivity index (χ3v) is 9.69. The first-order chi connectivity index (χ1) is 22.9. The molecule has 2 heterocycles. The molecule has 10 rings (SSSR count). The molecule has 0 N–H and O–H groups in total. The highest BCUT2D eigenvalue weighted by atomic mass is 15.0. The van der Waals surface area contributed by atoms with Gasteiger partial charge in [0, 0.05) is 33.3 Å². The Labute approximate surface area is 266 Å². The van der Waals surface area contributed by atoms with Crippen LogP contribution in [0.5, 0.6) is 0 Å². The van der Waals surface area contributed by atoms with Gasteiger partial charge < -0.3 is 9.13 Å². The van der Waals surface area contributed by atoms with Crippen LogP contribution in [0.2, 0.25) is 0 Å². The van der Waals surface area contributed by atoms with E-state index in [9.17, 15) is 0 Å². The topological polar surface area (TPSA) is 9.86 Å². The van der Waals surface area contributed by atoms with E-state index in [4.69, 9.17) is 0 Å². The highest BCUT2D eigenvalue weighted by Crippen LogP contribution is 2.51. The molecule has 0 fully saturated rings. The van der Waals surface area contributed by atoms with Crippen LogP contribution in [0, 0.1) is 0 Å². The lowest BCUT2D eigenvalue weighted by molar-refractivity contribution is 1.14. The van der Waals surface area contributed by atoms with Crippen LogP contribution in [-0.2, 0) is 0 Å². The number of rotatable bonds is 4. The smallest absolute Gasteiger partial charge is 0.0548 e. The predicted octanol–water partition coefficient (Wildman–Crippen LogP) is 11.8. The second-order valence-electron chi connectivity index (χ2n) is 12.1. The molecule has 46 heavy (non-hydrogen) atoms. The Kier molecular flexibility index (Phi) is 5.31. The minimum absolute atomic E-state index is 1.16. The third-order valence-electron chi connectivity index (χ3n) is 9.69. The van der Waals surface area contributed by atoms with Crippen LogP contribution < -0.4 is 0 Å². The molecule has 0 aromatic heterocycles. The molecule has 0 spiro atoms. The molecule has 2 aliphatic heterocycles. The standard InChI is InChI=1S/C44H28N2/c1-5-13-29(14-6-1)33-21-25-37-41-35(33)23-27-39-43(41)44-40(45(37)31-17-9-3-10-18-31)28-24-36-34(30-15-7-2-8-16-30)22-26-38(42(36)44)46(39)32-19-11-4-12-20-32/h1-28H. The molecule has 0 radical (unpaired) electrons. The quantitative estimate of drug-likeness (QED) is 0.144. The third kappa shape index (κ3) is 3.47. The van der Waals surface area contributed by atoms with E-state index in [-0.39, 0.29) is 0 Å². The molecular weight excluding hydrogens is 556 g/mol. The van der Waals surface area contributed by atoms with Crippen molar-refractivity contribution in [3.05, 3.63) is 170 Å². The van der Waals surface area contributed by atoms with E-state index >= 15 is 0 Å². The van der Waals surface area contributed by atoms with E-state index < -0.39 is 0 Å². The highest BCUT2D eigenvalue weighted by Gasteiger charge is 2.28. The fourth-order valence-electron chi connectivity index (χ4n) is 7.80. The lowest BCUT2D eigenvalue weighted by Crippen LogP contribution is -2.10. The van der Waals surface area contributed by atoms with E-state index in [0.29, 0.717) is 0 Å². The van der Waals surface area contributed by atoms with Gasteiger partial charge in [0.25, 0.3) is 0 Å². The maximum Gasteiger partial charge on any atom is 0.0548 e. The maximum absolute atomic E-state index is 2.47. The van der Waals surface area contributed by atoms with Crippen LogP contribution in [0.15, 0.2) is 170 Å². The fraction of sp³-hybridized carbons (Fsp3) is 0. The second-order valence-corrected chi connectivity index (χ2v) is 12.1. The van der Waals surface area contributed by atoms with Crippen molar-refractivity contribution in [1.82, 2.24) is 9.13 Å². The number of para-hydroxylation sites is 2. The van der Waals surface area contributed by atoms with E-state index in [1.165, 1.54) is 77.0 Å². The minimum atomic E-state index is 1.16. The number of aromatic nitrogens is 2. The first-order valence-corrected chi connectivity index (χ1v) is 15.9. The number of benzene rings is 8. The van der Waals surface area contributed by atoms with Gasteiger partial charge in [-0.1, -0.05) is 121 Å². The molecule has 0 amide bonds. The Bertz CT molecular complexity index is 2460. The van der Waals surface area contributed by atoms with Gasteiger partial charge in [-0.2, -0.15) is 0 Å². The van der Waals surface area contributed by atoms with Gasteiger partial charge >= 0.3 is 0 Å². The first kappa shape index (κ1) is 25.2. The number of pyridine rings is 2. The zero-order valence-electron chi connectivity index (χ0n) is 25.1. The molecule has 0 saturated heterocycles. The molecule has 8 aromatic rings. The zero-order valence-corrected chi connectivity index (χ0v) is 25.1. The highest BCUT2D eigenvalue weighted by molar-refractivity contribution is 6.29. The van der Waals surface area contributed by atoms with Crippen molar-refractivity contribution in [2.75, 3.05) is 0 Å². The van der Waals surface area contributed by atoms with Crippen LogP contribution in [0.4, 0.5) is 0 Å². The molecule has 2 aliphatic rings. The normalized spacial score (nSPS) is 11.9. The maximum atomic E-state index is 2.47. The van der Waals surface area contributed by atoms with Gasteiger partial charge in [-0.3, -0.25) is 0 Å². The summed E-state index contributed by atoms with van der Waals surface area (Å²) in [5.74, 6) is 0. The molecule has 8 aromatic carbocycles. The summed E-state index contributed by atoms with van der Waals surface area (Å²) in [6.07, 6.45) is 0. The van der Waals surface area contributed by atoms with Crippen molar-refractivity contribution >= 4 is 43.6 Å². The van der Waals surface area contributed by atoms with Crippen molar-refractivity contribution in [3.8, 4) is 44.8 Å². The van der Waals surface area contributed by atoms with Gasteiger partial charge in [0.1, 0.15) is 0 Å². The summed E-state index contributed by atoms with van der Waals surface area (Å²) in [6, 6.07) is 61.9. The van der Waals surface area contributed by atoms with Crippen LogP contribution in [-0.4, -0.2) is 9.13 Å². The second kappa shape index (κ2) is 9.69. The molecule has 2 heteroatoms. The van der Waals surface area contributed by atoms with Gasteiger partial charge in [-0.05, 0) is 81.6 Å². The summed E-state index contributed by atoms with van der Waals surface area (Å²) >= 11 is 0. The molecule has 0 saturated carbocycles. The molecule has 0 aliphatic carbocycles. The van der Waals surface area contributed by atoms with Crippen molar-refractivity contribution < 1.29 is 0 Å². The van der Waals surface area contributed by atoms with E-state index in [0.717, 1.165) is 11.4 Å². The number of hydrogen-bond acceptors (Lipinski definition) is 0. The van der Waals surface area contributed by atoms with Crippen molar-refractivity contribution in [2.24, 2.45) is 0 Å². The summed E-state index contributed by atoms with van der Waals surface area (Å²) < 4.78 is 4.94. The van der Waals surface area contributed by atoms with Crippen LogP contribution in [0.3, 0.4) is 0 Å². The van der Waals surface area contributed by atoms with Gasteiger partial charge in [-0.25, -0.2) is 0 Å². The van der Waals surface area contributed by atoms with Crippen molar-refractivity contribution in [3.63, 3.8) is 0 Å². The van der Waals surface area contributed by atoms with Gasteiger partial charge in [0.2, 0.25) is 0 Å². The monoisotopic (exact) mass is 584 g/mol. The van der Waals surface area contributed by atoms with Crippen molar-refractivity contribution in [1.29, 1.82) is 0 Å². The van der Waals surface area contributed by atoms with Crippen LogP contribution >= 0.6 is 0 Å². The lowest BCUT2D eigenvalue weighted by Gasteiger charge is -2.30. The largest absolute Gasteiger partial charge is 0.309 e. The van der Waals surface area contributed by atoms with Gasteiger partial charge in [-0.15, -0.1) is 0 Å². The molecule has 2 nitrogen and oxygen atoms in total. The minimum Gasteiger partial charge on any atom is -0.309 e.